The Bertz CT molecular complexity index is 562. The summed E-state index contributed by atoms with van der Waals surface area (Å²) in [4.78, 5) is 32.6. The molecule has 1 rings (SSSR count). The molecule has 2 amide bonds. The number of carbonyl (C=O) groups excluding carboxylic acids is 2. The molecule has 0 bridgehead atoms. The molecule has 1 aromatic carbocycles. The summed E-state index contributed by atoms with van der Waals surface area (Å²) in [5.41, 5.74) is 4.40. The summed E-state index contributed by atoms with van der Waals surface area (Å²) in [6, 6.07) is 1.05. The van der Waals surface area contributed by atoms with Gasteiger partial charge in [0.15, 0.2) is 0 Å². The van der Waals surface area contributed by atoms with Gasteiger partial charge in [-0.2, -0.15) is 0 Å². The Balaban J connectivity index is 3.15. The topological polar surface area (TPSA) is 115 Å². The zero-order valence-electron chi connectivity index (χ0n) is 9.65. The number of nitrogens with two attached hydrogens (primary N) is 1. The summed E-state index contributed by atoms with van der Waals surface area (Å²) >= 11 is 11.5. The van der Waals surface area contributed by atoms with E-state index in [2.05, 4.69) is 5.32 Å². The average molecular weight is 306 g/mol. The van der Waals surface area contributed by atoms with E-state index in [0.29, 0.717) is 0 Å². The van der Waals surface area contributed by atoms with Gasteiger partial charge >= 0.3 is 0 Å². The highest BCUT2D eigenvalue weighted by molar-refractivity contribution is 6.44. The first kappa shape index (κ1) is 15.2. The molecule has 0 radical (unpaired) electrons. The van der Waals surface area contributed by atoms with Crippen LogP contribution in [0.2, 0.25) is 10.0 Å². The van der Waals surface area contributed by atoms with Gasteiger partial charge in [0.2, 0.25) is 5.91 Å². The predicted molar refractivity (Wildman–Crippen MR) is 69.2 cm³/mol. The second-order valence-corrected chi connectivity index (χ2v) is 4.43. The van der Waals surface area contributed by atoms with E-state index in [0.717, 1.165) is 12.1 Å². The van der Waals surface area contributed by atoms with Crippen LogP contribution in [0.25, 0.3) is 0 Å². The summed E-state index contributed by atoms with van der Waals surface area (Å²) in [6.45, 7) is 1.37. The molecule has 0 saturated heterocycles. The minimum Gasteiger partial charge on any atom is -0.368 e. The Morgan fingerprint density at radius 1 is 1.42 bits per heavy atom. The molecule has 0 spiro atoms. The molecule has 3 N–H and O–H groups in total. The number of nitro benzene ring substituents is 1. The molecule has 0 aliphatic heterocycles. The number of halogens is 2. The predicted octanol–water partition coefficient (Wildman–Crippen LogP) is 1.51. The monoisotopic (exact) mass is 305 g/mol. The van der Waals surface area contributed by atoms with Crippen molar-refractivity contribution in [1.29, 1.82) is 0 Å². The van der Waals surface area contributed by atoms with E-state index in [1.165, 1.54) is 6.92 Å². The van der Waals surface area contributed by atoms with Crippen LogP contribution in [0.5, 0.6) is 0 Å². The number of nitro groups is 1. The molecule has 102 valence electrons. The maximum atomic E-state index is 11.8. The summed E-state index contributed by atoms with van der Waals surface area (Å²) in [5.74, 6) is -1.53. The molecule has 0 aliphatic rings. The van der Waals surface area contributed by atoms with E-state index in [-0.39, 0.29) is 21.3 Å². The van der Waals surface area contributed by atoms with Crippen LogP contribution in [-0.2, 0) is 4.79 Å². The fraction of sp³-hybridized carbons (Fsp3) is 0.200. The van der Waals surface area contributed by atoms with Gasteiger partial charge in [0.1, 0.15) is 6.04 Å². The van der Waals surface area contributed by atoms with Crippen molar-refractivity contribution < 1.29 is 14.5 Å². The number of primary amides is 1. The van der Waals surface area contributed by atoms with Crippen molar-refractivity contribution in [3.05, 3.63) is 37.9 Å². The number of nitrogens with one attached hydrogen (secondary N) is 1. The summed E-state index contributed by atoms with van der Waals surface area (Å²) in [7, 11) is 0. The SMILES string of the molecule is CC(NC(=O)c1cc([N+](=O)[O-])cc(Cl)c1Cl)C(N)=O. The van der Waals surface area contributed by atoms with Gasteiger partial charge in [-0.15, -0.1) is 0 Å². The highest BCUT2D eigenvalue weighted by atomic mass is 35.5. The molecule has 0 aliphatic carbocycles. The summed E-state index contributed by atoms with van der Waals surface area (Å²) < 4.78 is 0. The van der Waals surface area contributed by atoms with Gasteiger partial charge < -0.3 is 11.1 Å². The Labute approximate surface area is 117 Å². The standard InChI is InChI=1S/C10H9Cl2N3O4/c1-4(9(13)16)14-10(17)6-2-5(15(18)19)3-7(11)8(6)12/h2-4H,1H3,(H2,13,16)(H,14,17). The van der Waals surface area contributed by atoms with Gasteiger partial charge in [-0.25, -0.2) is 0 Å². The number of amides is 2. The summed E-state index contributed by atoms with van der Waals surface area (Å²) in [6.07, 6.45) is 0. The van der Waals surface area contributed by atoms with Gasteiger partial charge in [-0.3, -0.25) is 19.7 Å². The van der Waals surface area contributed by atoms with Crippen LogP contribution in [0.4, 0.5) is 5.69 Å². The van der Waals surface area contributed by atoms with Crippen LogP contribution in [0.3, 0.4) is 0 Å². The number of hydrogen-bond donors (Lipinski definition) is 2. The minimum atomic E-state index is -0.943. The van der Waals surface area contributed by atoms with Crippen LogP contribution in [-0.4, -0.2) is 22.8 Å². The smallest absolute Gasteiger partial charge is 0.271 e. The molecule has 0 heterocycles. The molecule has 1 atom stereocenters. The zero-order valence-corrected chi connectivity index (χ0v) is 11.2. The fourth-order valence-electron chi connectivity index (χ4n) is 1.19. The average Bonchev–Trinajstić information content (AvgIpc) is 2.31. The molecule has 19 heavy (non-hydrogen) atoms. The van der Waals surface area contributed by atoms with E-state index in [4.69, 9.17) is 28.9 Å². The van der Waals surface area contributed by atoms with E-state index in [1.54, 1.807) is 0 Å². The molecule has 7 nitrogen and oxygen atoms in total. The molecule has 1 aromatic rings. The van der Waals surface area contributed by atoms with Crippen molar-refractivity contribution >= 4 is 40.7 Å². The number of nitrogens with zero attached hydrogens (tertiary/aromatic N) is 1. The van der Waals surface area contributed by atoms with Gasteiger partial charge in [0.05, 0.1) is 20.5 Å². The van der Waals surface area contributed by atoms with Gasteiger partial charge in [0.25, 0.3) is 11.6 Å². The Morgan fingerprint density at radius 3 is 2.47 bits per heavy atom. The third-order valence-electron chi connectivity index (χ3n) is 2.24. The first-order valence-corrected chi connectivity index (χ1v) is 5.73. The van der Waals surface area contributed by atoms with E-state index in [1.807, 2.05) is 0 Å². The Kier molecular flexibility index (Phi) is 4.68. The van der Waals surface area contributed by atoms with Crippen molar-refractivity contribution in [1.82, 2.24) is 5.32 Å². The van der Waals surface area contributed by atoms with Gasteiger partial charge in [0, 0.05) is 12.1 Å². The fourth-order valence-corrected chi connectivity index (χ4v) is 1.60. The Morgan fingerprint density at radius 2 is 2.00 bits per heavy atom. The van der Waals surface area contributed by atoms with Crippen molar-refractivity contribution in [2.24, 2.45) is 5.73 Å². The summed E-state index contributed by atoms with van der Waals surface area (Å²) in [5, 5.41) is 12.6. The highest BCUT2D eigenvalue weighted by Crippen LogP contribution is 2.30. The number of carbonyl (C=O) groups is 2. The van der Waals surface area contributed by atoms with E-state index >= 15 is 0 Å². The quantitative estimate of drug-likeness (QED) is 0.647. The maximum absolute atomic E-state index is 11.8. The van der Waals surface area contributed by atoms with Crippen LogP contribution < -0.4 is 11.1 Å². The maximum Gasteiger partial charge on any atom is 0.271 e. The molecular weight excluding hydrogens is 297 g/mol. The molecule has 1 unspecified atom stereocenters. The third kappa shape index (κ3) is 3.55. The molecule has 0 aromatic heterocycles. The van der Waals surface area contributed by atoms with Crippen LogP contribution in [0, 0.1) is 10.1 Å². The minimum absolute atomic E-state index is 0.132. The van der Waals surface area contributed by atoms with Crippen molar-refractivity contribution in [3.8, 4) is 0 Å². The van der Waals surface area contributed by atoms with E-state index < -0.39 is 22.8 Å². The second-order valence-electron chi connectivity index (χ2n) is 3.64. The second kappa shape index (κ2) is 5.85. The van der Waals surface area contributed by atoms with Crippen molar-refractivity contribution in [2.75, 3.05) is 0 Å². The van der Waals surface area contributed by atoms with Crippen molar-refractivity contribution in [3.63, 3.8) is 0 Å². The lowest BCUT2D eigenvalue weighted by Crippen LogP contribution is -2.42. The number of rotatable bonds is 4. The number of non-ortho nitro benzene ring substituents is 1. The van der Waals surface area contributed by atoms with Crippen molar-refractivity contribution in [2.45, 2.75) is 13.0 Å². The van der Waals surface area contributed by atoms with Crippen LogP contribution >= 0.6 is 23.2 Å². The van der Waals surface area contributed by atoms with E-state index in [9.17, 15) is 19.7 Å². The third-order valence-corrected chi connectivity index (χ3v) is 3.04. The zero-order chi connectivity index (χ0) is 14.7. The van der Waals surface area contributed by atoms with Crippen LogP contribution in [0.1, 0.15) is 17.3 Å². The molecular formula is C10H9Cl2N3O4. The van der Waals surface area contributed by atoms with Gasteiger partial charge in [-0.05, 0) is 6.92 Å². The largest absolute Gasteiger partial charge is 0.368 e. The normalized spacial score (nSPS) is 11.7. The number of benzene rings is 1. The highest BCUT2D eigenvalue weighted by Gasteiger charge is 2.21. The van der Waals surface area contributed by atoms with Crippen LogP contribution in [0.15, 0.2) is 12.1 Å². The molecule has 9 heteroatoms. The van der Waals surface area contributed by atoms with Gasteiger partial charge in [-0.1, -0.05) is 23.2 Å². The number of hydrogen-bond acceptors (Lipinski definition) is 4. The molecule has 0 saturated carbocycles. The lowest BCUT2D eigenvalue weighted by Gasteiger charge is -2.11. The lowest BCUT2D eigenvalue weighted by molar-refractivity contribution is -0.384. The first-order chi connectivity index (χ1) is 8.73. The lowest BCUT2D eigenvalue weighted by atomic mass is 10.1. The Hall–Kier alpha value is -1.86. The molecule has 0 fully saturated rings. The first-order valence-electron chi connectivity index (χ1n) is 4.97.